The molecule has 0 N–H and O–H groups in total. The monoisotopic (exact) mass is 228 g/mol. The van der Waals surface area contributed by atoms with E-state index in [1.54, 1.807) is 19.9 Å². The van der Waals surface area contributed by atoms with E-state index in [-0.39, 0.29) is 5.97 Å². The minimum Gasteiger partial charge on any atom is -0.463 e. The van der Waals surface area contributed by atoms with E-state index in [0.717, 1.165) is 12.8 Å². The molecule has 4 heteroatoms. The van der Waals surface area contributed by atoms with Gasteiger partial charge in [0.15, 0.2) is 5.79 Å². The smallest absolute Gasteiger partial charge is 0.333 e. The van der Waals surface area contributed by atoms with E-state index in [0.29, 0.717) is 25.4 Å². The number of carbonyl (C=O) groups excluding carboxylic acids is 1. The number of rotatable bonds is 3. The second-order valence-corrected chi connectivity index (χ2v) is 3.97. The average molecular weight is 228 g/mol. The standard InChI is InChI=1S/C12H20O4/c1-4-14-11(13)10(2)9-12(3)15-7-5-6-8-16-12/h9H,4-8H2,1-3H3/b10-9+. The average Bonchev–Trinajstić information content (AvgIpc) is 2.43. The summed E-state index contributed by atoms with van der Waals surface area (Å²) in [6.45, 7) is 7.00. The van der Waals surface area contributed by atoms with Crippen LogP contribution in [0.2, 0.25) is 0 Å². The van der Waals surface area contributed by atoms with Crippen LogP contribution < -0.4 is 0 Å². The first-order valence-electron chi connectivity index (χ1n) is 5.72. The fourth-order valence-corrected chi connectivity index (χ4v) is 1.58. The van der Waals surface area contributed by atoms with Gasteiger partial charge in [-0.05, 0) is 39.7 Å². The Labute approximate surface area is 96.6 Å². The van der Waals surface area contributed by atoms with Crippen LogP contribution in [0.25, 0.3) is 0 Å². The molecule has 0 atom stereocenters. The fourth-order valence-electron chi connectivity index (χ4n) is 1.58. The van der Waals surface area contributed by atoms with Crippen molar-refractivity contribution < 1.29 is 19.0 Å². The quantitative estimate of drug-likeness (QED) is 0.547. The summed E-state index contributed by atoms with van der Waals surface area (Å²) >= 11 is 0. The molecule has 1 aliphatic rings. The Kier molecular flexibility index (Phi) is 4.96. The minimum absolute atomic E-state index is 0.319. The number of ether oxygens (including phenoxy) is 3. The summed E-state index contributed by atoms with van der Waals surface area (Å²) in [7, 11) is 0. The Morgan fingerprint density at radius 2 is 1.94 bits per heavy atom. The lowest BCUT2D eigenvalue weighted by Gasteiger charge is -2.25. The molecule has 1 aliphatic heterocycles. The fraction of sp³-hybridized carbons (Fsp3) is 0.750. The van der Waals surface area contributed by atoms with Crippen molar-refractivity contribution in [1.82, 2.24) is 0 Å². The minimum atomic E-state index is -0.798. The number of carbonyl (C=O) groups is 1. The summed E-state index contributed by atoms with van der Waals surface area (Å²) in [5.74, 6) is -1.12. The van der Waals surface area contributed by atoms with Gasteiger partial charge in [0, 0.05) is 5.57 Å². The van der Waals surface area contributed by atoms with Gasteiger partial charge in [0.2, 0.25) is 0 Å². The Bertz CT molecular complexity index is 262. The first-order valence-corrected chi connectivity index (χ1v) is 5.72. The maximum absolute atomic E-state index is 11.4. The largest absolute Gasteiger partial charge is 0.463 e. The van der Waals surface area contributed by atoms with E-state index >= 15 is 0 Å². The molecule has 1 rings (SSSR count). The van der Waals surface area contributed by atoms with Crippen molar-refractivity contribution in [3.05, 3.63) is 11.6 Å². The summed E-state index contributed by atoms with van der Waals surface area (Å²) in [5, 5.41) is 0. The number of esters is 1. The zero-order valence-electron chi connectivity index (χ0n) is 10.2. The Morgan fingerprint density at radius 1 is 1.38 bits per heavy atom. The highest BCUT2D eigenvalue weighted by atomic mass is 16.7. The van der Waals surface area contributed by atoms with Gasteiger partial charge in [-0.15, -0.1) is 0 Å². The molecule has 1 heterocycles. The van der Waals surface area contributed by atoms with Crippen molar-refractivity contribution in [1.29, 1.82) is 0 Å². The molecule has 4 nitrogen and oxygen atoms in total. The van der Waals surface area contributed by atoms with Gasteiger partial charge in [-0.2, -0.15) is 0 Å². The first-order chi connectivity index (χ1) is 7.57. The molecule has 0 radical (unpaired) electrons. The van der Waals surface area contributed by atoms with Crippen LogP contribution in [-0.4, -0.2) is 31.6 Å². The van der Waals surface area contributed by atoms with E-state index < -0.39 is 5.79 Å². The summed E-state index contributed by atoms with van der Waals surface area (Å²) in [6.07, 6.45) is 3.67. The molecule has 0 aliphatic carbocycles. The van der Waals surface area contributed by atoms with Crippen molar-refractivity contribution in [2.24, 2.45) is 0 Å². The van der Waals surface area contributed by atoms with E-state index in [9.17, 15) is 4.79 Å². The lowest BCUT2D eigenvalue weighted by Crippen LogP contribution is -2.30. The molecule has 1 saturated heterocycles. The normalized spacial score (nSPS) is 21.3. The molecule has 0 bridgehead atoms. The van der Waals surface area contributed by atoms with Crippen LogP contribution in [0.3, 0.4) is 0 Å². The highest BCUT2D eigenvalue weighted by molar-refractivity contribution is 5.87. The van der Waals surface area contributed by atoms with E-state index in [1.807, 2.05) is 6.92 Å². The Hall–Kier alpha value is -0.870. The van der Waals surface area contributed by atoms with Gasteiger partial charge in [0.25, 0.3) is 0 Å². The Balaban J connectivity index is 2.67. The molecule has 1 fully saturated rings. The summed E-state index contributed by atoms with van der Waals surface area (Å²) < 4.78 is 16.1. The van der Waals surface area contributed by atoms with Gasteiger partial charge in [0.1, 0.15) is 0 Å². The van der Waals surface area contributed by atoms with Gasteiger partial charge in [-0.1, -0.05) is 0 Å². The van der Waals surface area contributed by atoms with Crippen LogP contribution in [0, 0.1) is 0 Å². The zero-order chi connectivity index (χ0) is 12.0. The van der Waals surface area contributed by atoms with Gasteiger partial charge >= 0.3 is 5.97 Å². The lowest BCUT2D eigenvalue weighted by molar-refractivity contribution is -0.178. The van der Waals surface area contributed by atoms with Crippen LogP contribution in [0.15, 0.2) is 11.6 Å². The molecular weight excluding hydrogens is 208 g/mol. The molecule has 0 aromatic carbocycles. The van der Waals surface area contributed by atoms with Crippen molar-refractivity contribution in [3.8, 4) is 0 Å². The third kappa shape index (κ3) is 3.94. The molecule has 0 spiro atoms. The predicted molar refractivity (Wildman–Crippen MR) is 59.9 cm³/mol. The van der Waals surface area contributed by atoms with E-state index in [4.69, 9.17) is 14.2 Å². The summed E-state index contributed by atoms with van der Waals surface area (Å²) in [5.41, 5.74) is 0.520. The second kappa shape index (κ2) is 6.01. The topological polar surface area (TPSA) is 44.8 Å². The van der Waals surface area contributed by atoms with Gasteiger partial charge in [0.05, 0.1) is 19.8 Å². The molecule has 0 aromatic heterocycles. The number of hydrogen-bond donors (Lipinski definition) is 0. The summed E-state index contributed by atoms with van der Waals surface area (Å²) in [4.78, 5) is 11.4. The van der Waals surface area contributed by atoms with Crippen LogP contribution in [0.4, 0.5) is 0 Å². The molecule has 16 heavy (non-hydrogen) atoms. The second-order valence-electron chi connectivity index (χ2n) is 3.97. The van der Waals surface area contributed by atoms with Crippen molar-refractivity contribution in [2.75, 3.05) is 19.8 Å². The molecular formula is C12H20O4. The third-order valence-electron chi connectivity index (χ3n) is 2.39. The summed E-state index contributed by atoms with van der Waals surface area (Å²) in [6, 6.07) is 0. The predicted octanol–water partition coefficient (Wildman–Crippen LogP) is 2.04. The molecule has 0 amide bonds. The van der Waals surface area contributed by atoms with Crippen molar-refractivity contribution >= 4 is 5.97 Å². The van der Waals surface area contributed by atoms with Crippen LogP contribution in [0.5, 0.6) is 0 Å². The SMILES string of the molecule is CCOC(=O)/C(C)=C/C1(C)OCCCCO1. The molecule has 0 unspecified atom stereocenters. The molecule has 92 valence electrons. The molecule has 0 saturated carbocycles. The zero-order valence-corrected chi connectivity index (χ0v) is 10.2. The van der Waals surface area contributed by atoms with Crippen LogP contribution in [0.1, 0.15) is 33.6 Å². The lowest BCUT2D eigenvalue weighted by atomic mass is 10.2. The Morgan fingerprint density at radius 3 is 2.44 bits per heavy atom. The third-order valence-corrected chi connectivity index (χ3v) is 2.39. The van der Waals surface area contributed by atoms with Crippen LogP contribution in [-0.2, 0) is 19.0 Å². The van der Waals surface area contributed by atoms with Gasteiger partial charge in [-0.25, -0.2) is 4.79 Å². The highest BCUT2D eigenvalue weighted by Crippen LogP contribution is 2.21. The first kappa shape index (κ1) is 13.2. The van der Waals surface area contributed by atoms with Gasteiger partial charge in [-0.3, -0.25) is 0 Å². The van der Waals surface area contributed by atoms with Gasteiger partial charge < -0.3 is 14.2 Å². The maximum atomic E-state index is 11.4. The highest BCUT2D eigenvalue weighted by Gasteiger charge is 2.26. The van der Waals surface area contributed by atoms with E-state index in [2.05, 4.69) is 0 Å². The van der Waals surface area contributed by atoms with Crippen molar-refractivity contribution in [3.63, 3.8) is 0 Å². The van der Waals surface area contributed by atoms with E-state index in [1.165, 1.54) is 0 Å². The maximum Gasteiger partial charge on any atom is 0.333 e. The van der Waals surface area contributed by atoms with Crippen LogP contribution >= 0.6 is 0 Å². The number of hydrogen-bond acceptors (Lipinski definition) is 4. The van der Waals surface area contributed by atoms with Crippen molar-refractivity contribution in [2.45, 2.75) is 39.4 Å². The molecule has 0 aromatic rings.